The van der Waals surface area contributed by atoms with Gasteiger partial charge in [-0.2, -0.15) is 21.2 Å². The summed E-state index contributed by atoms with van der Waals surface area (Å²) in [6.45, 7) is 5.02. The quantitative estimate of drug-likeness (QED) is 0.901. The summed E-state index contributed by atoms with van der Waals surface area (Å²) in [5.74, 6) is 0.870. The molecule has 2 rings (SSSR count). The summed E-state index contributed by atoms with van der Waals surface area (Å²) >= 11 is 1.85. The number of hydrogen-bond acceptors (Lipinski definition) is 4. The predicted molar refractivity (Wildman–Crippen MR) is 68.6 cm³/mol. The number of aryl methyl sites for hydroxylation is 1. The van der Waals surface area contributed by atoms with Crippen molar-refractivity contribution in [1.82, 2.24) is 14.5 Å². The molecule has 0 spiro atoms. The normalized spacial score (nSPS) is 22.8. The van der Waals surface area contributed by atoms with Crippen LogP contribution in [0.4, 0.5) is 0 Å². The molecular formula is C10H17N3O2S2. The number of aromatic nitrogens is 2. The molecule has 2 heterocycles. The van der Waals surface area contributed by atoms with E-state index in [1.165, 1.54) is 6.20 Å². The minimum absolute atomic E-state index is 0.305. The molecule has 1 unspecified atom stereocenters. The zero-order valence-corrected chi connectivity index (χ0v) is 11.6. The molecule has 0 radical (unpaired) electrons. The minimum atomic E-state index is -3.37. The van der Waals surface area contributed by atoms with Crippen molar-refractivity contribution in [3.63, 3.8) is 0 Å². The van der Waals surface area contributed by atoms with E-state index in [0.717, 1.165) is 12.2 Å². The second-order valence-corrected chi connectivity index (χ2v) is 7.44. The molecule has 0 amide bonds. The third-order valence-corrected chi connectivity index (χ3v) is 6.31. The highest BCUT2D eigenvalue weighted by Gasteiger charge is 2.31. The van der Waals surface area contributed by atoms with Crippen LogP contribution >= 0.6 is 11.8 Å². The second kappa shape index (κ2) is 4.99. The summed E-state index contributed by atoms with van der Waals surface area (Å²) in [6, 6.07) is 0. The molecule has 1 aromatic rings. The average molecular weight is 275 g/mol. The fourth-order valence-electron chi connectivity index (χ4n) is 1.90. The monoisotopic (exact) mass is 275 g/mol. The molecular weight excluding hydrogens is 258 g/mol. The van der Waals surface area contributed by atoms with E-state index in [-0.39, 0.29) is 0 Å². The molecule has 1 N–H and O–H groups in total. The van der Waals surface area contributed by atoms with Gasteiger partial charge in [0.1, 0.15) is 4.90 Å². The van der Waals surface area contributed by atoms with Gasteiger partial charge in [0.05, 0.1) is 11.9 Å². The van der Waals surface area contributed by atoms with Gasteiger partial charge >= 0.3 is 0 Å². The molecule has 1 saturated heterocycles. The number of thioether (sulfide) groups is 1. The van der Waals surface area contributed by atoms with Crippen molar-refractivity contribution in [2.75, 3.05) is 18.8 Å². The lowest BCUT2D eigenvalue weighted by molar-refractivity contribution is 0.415. The molecule has 0 aliphatic carbocycles. The lowest BCUT2D eigenvalue weighted by Gasteiger charge is -2.30. The summed E-state index contributed by atoms with van der Waals surface area (Å²) in [5, 5.41) is 6.87. The number of nitrogens with one attached hydrogen (secondary N) is 1. The van der Waals surface area contributed by atoms with Gasteiger partial charge in [0, 0.05) is 24.1 Å². The van der Waals surface area contributed by atoms with Gasteiger partial charge in [0.15, 0.2) is 0 Å². The highest BCUT2D eigenvalue weighted by Crippen LogP contribution is 2.26. The number of nitrogens with zero attached hydrogens (tertiary/aromatic N) is 2. The summed E-state index contributed by atoms with van der Waals surface area (Å²) in [4.78, 5) is 0.305. The molecule has 1 aromatic heterocycles. The zero-order chi connectivity index (χ0) is 12.5. The summed E-state index contributed by atoms with van der Waals surface area (Å²) in [7, 11) is -3.37. The Morgan fingerprint density at radius 2 is 2.41 bits per heavy atom. The lowest BCUT2D eigenvalue weighted by atomic mass is 10.3. The van der Waals surface area contributed by atoms with E-state index in [1.54, 1.807) is 11.2 Å². The van der Waals surface area contributed by atoms with Crippen LogP contribution in [0.1, 0.15) is 19.0 Å². The average Bonchev–Trinajstić information content (AvgIpc) is 2.76. The van der Waals surface area contributed by atoms with Crippen molar-refractivity contribution >= 4 is 21.8 Å². The predicted octanol–water partition coefficient (Wildman–Crippen LogP) is 1.23. The van der Waals surface area contributed by atoms with Crippen molar-refractivity contribution in [2.45, 2.75) is 30.4 Å². The van der Waals surface area contributed by atoms with Gasteiger partial charge in [-0.1, -0.05) is 6.92 Å². The Labute approximate surface area is 106 Å². The van der Waals surface area contributed by atoms with Crippen molar-refractivity contribution in [2.24, 2.45) is 0 Å². The van der Waals surface area contributed by atoms with E-state index >= 15 is 0 Å². The number of sulfonamides is 1. The van der Waals surface area contributed by atoms with Crippen LogP contribution in [0.2, 0.25) is 0 Å². The summed E-state index contributed by atoms with van der Waals surface area (Å²) < 4.78 is 26.4. The smallest absolute Gasteiger partial charge is 0.246 e. The van der Waals surface area contributed by atoms with Crippen LogP contribution in [0.5, 0.6) is 0 Å². The maximum Gasteiger partial charge on any atom is 0.246 e. The first-order chi connectivity index (χ1) is 8.05. The molecule has 0 saturated carbocycles. The third kappa shape index (κ3) is 2.51. The number of aromatic amines is 1. The first-order valence-corrected chi connectivity index (χ1v) is 8.16. The van der Waals surface area contributed by atoms with E-state index in [0.29, 0.717) is 28.9 Å². The topological polar surface area (TPSA) is 66.1 Å². The Kier molecular flexibility index (Phi) is 3.79. The maximum atomic E-state index is 12.4. The second-order valence-electron chi connectivity index (χ2n) is 4.12. The Hall–Kier alpha value is -0.530. The van der Waals surface area contributed by atoms with E-state index in [9.17, 15) is 8.42 Å². The van der Waals surface area contributed by atoms with Crippen LogP contribution < -0.4 is 0 Å². The molecule has 17 heavy (non-hydrogen) atoms. The van der Waals surface area contributed by atoms with Crippen LogP contribution in [-0.4, -0.2) is 47.0 Å². The van der Waals surface area contributed by atoms with Crippen LogP contribution in [0, 0.1) is 6.92 Å². The molecule has 1 aliphatic heterocycles. The Bertz CT molecular complexity index is 483. The van der Waals surface area contributed by atoms with Gasteiger partial charge < -0.3 is 0 Å². The fourth-order valence-corrected chi connectivity index (χ4v) is 4.89. The van der Waals surface area contributed by atoms with E-state index in [4.69, 9.17) is 0 Å². The van der Waals surface area contributed by atoms with Crippen LogP contribution in [0.15, 0.2) is 11.1 Å². The summed E-state index contributed by atoms with van der Waals surface area (Å²) in [5.41, 5.74) is 0.608. The first kappa shape index (κ1) is 12.9. The maximum absolute atomic E-state index is 12.4. The van der Waals surface area contributed by atoms with Crippen LogP contribution in [0.25, 0.3) is 0 Å². The summed E-state index contributed by atoms with van der Waals surface area (Å²) in [6.07, 6.45) is 2.40. The molecule has 96 valence electrons. The van der Waals surface area contributed by atoms with Crippen molar-refractivity contribution < 1.29 is 8.42 Å². The van der Waals surface area contributed by atoms with Gasteiger partial charge in [-0.3, -0.25) is 5.10 Å². The zero-order valence-electron chi connectivity index (χ0n) is 10.0. The van der Waals surface area contributed by atoms with Crippen molar-refractivity contribution in [3.8, 4) is 0 Å². The SMILES string of the molecule is CCC1CN(S(=O)(=O)c2cn[nH]c2C)CCS1. The van der Waals surface area contributed by atoms with Crippen LogP contribution in [0.3, 0.4) is 0 Å². The molecule has 1 aliphatic rings. The van der Waals surface area contributed by atoms with E-state index < -0.39 is 10.0 Å². The number of rotatable bonds is 3. The van der Waals surface area contributed by atoms with Gasteiger partial charge in [0.2, 0.25) is 10.0 Å². The number of H-pyrrole nitrogens is 1. The van der Waals surface area contributed by atoms with E-state index in [1.807, 2.05) is 11.8 Å². The number of hydrogen-bond donors (Lipinski definition) is 1. The molecule has 1 atom stereocenters. The fraction of sp³-hybridized carbons (Fsp3) is 0.700. The van der Waals surface area contributed by atoms with Crippen LogP contribution in [-0.2, 0) is 10.0 Å². The molecule has 1 fully saturated rings. The van der Waals surface area contributed by atoms with E-state index in [2.05, 4.69) is 17.1 Å². The highest BCUT2D eigenvalue weighted by molar-refractivity contribution is 8.00. The minimum Gasteiger partial charge on any atom is -0.281 e. The highest BCUT2D eigenvalue weighted by atomic mass is 32.2. The molecule has 7 heteroatoms. The lowest BCUT2D eigenvalue weighted by Crippen LogP contribution is -2.41. The largest absolute Gasteiger partial charge is 0.281 e. The Balaban J connectivity index is 2.24. The first-order valence-electron chi connectivity index (χ1n) is 5.67. The molecule has 0 aromatic carbocycles. The van der Waals surface area contributed by atoms with Gasteiger partial charge in [0.25, 0.3) is 0 Å². The van der Waals surface area contributed by atoms with Gasteiger partial charge in [-0.25, -0.2) is 8.42 Å². The van der Waals surface area contributed by atoms with Crippen molar-refractivity contribution in [1.29, 1.82) is 0 Å². The third-order valence-electron chi connectivity index (χ3n) is 2.96. The van der Waals surface area contributed by atoms with Gasteiger partial charge in [-0.05, 0) is 13.3 Å². The molecule has 0 bridgehead atoms. The Morgan fingerprint density at radius 3 is 3.00 bits per heavy atom. The van der Waals surface area contributed by atoms with Gasteiger partial charge in [-0.15, -0.1) is 0 Å². The Morgan fingerprint density at radius 1 is 1.65 bits per heavy atom. The standard InChI is InChI=1S/C10H17N3O2S2/c1-3-9-7-13(4-5-16-9)17(14,15)10-6-11-12-8(10)2/h6,9H,3-5,7H2,1-2H3,(H,11,12). The van der Waals surface area contributed by atoms with Crippen molar-refractivity contribution in [3.05, 3.63) is 11.9 Å². The molecule has 5 nitrogen and oxygen atoms in total.